The molecular weight excluding hydrogens is 210 g/mol. The fourth-order valence-electron chi connectivity index (χ4n) is 1.69. The summed E-state index contributed by atoms with van der Waals surface area (Å²) >= 11 is 0. The Hall–Kier alpha value is -0.810. The van der Waals surface area contributed by atoms with Crippen molar-refractivity contribution in [1.29, 1.82) is 0 Å². The van der Waals surface area contributed by atoms with Crippen LogP contribution in [0.3, 0.4) is 0 Å². The molecule has 1 aliphatic rings. The van der Waals surface area contributed by atoms with Gasteiger partial charge in [-0.3, -0.25) is 0 Å². The van der Waals surface area contributed by atoms with E-state index in [9.17, 15) is 9.90 Å². The quantitative estimate of drug-likeness (QED) is 0.693. The number of amides is 1. The first-order valence-electron chi connectivity index (χ1n) is 5.60. The number of aliphatic hydroxyl groups is 2. The van der Waals surface area contributed by atoms with Crippen LogP contribution < -0.4 is 0 Å². The van der Waals surface area contributed by atoms with Gasteiger partial charge in [0.1, 0.15) is 5.60 Å². The second kappa shape index (κ2) is 5.01. The van der Waals surface area contributed by atoms with Crippen LogP contribution in [0.5, 0.6) is 0 Å². The largest absolute Gasteiger partial charge is 0.444 e. The van der Waals surface area contributed by atoms with Gasteiger partial charge < -0.3 is 19.8 Å². The van der Waals surface area contributed by atoms with Gasteiger partial charge in [-0.2, -0.15) is 0 Å². The smallest absolute Gasteiger partial charge is 0.410 e. The van der Waals surface area contributed by atoms with Crippen molar-refractivity contribution in [2.45, 2.75) is 38.9 Å². The minimum atomic E-state index is -0.524. The number of carbonyl (C=O) groups is 1. The molecule has 0 aromatic rings. The van der Waals surface area contributed by atoms with E-state index in [0.717, 1.165) is 0 Å². The minimum Gasteiger partial charge on any atom is -0.444 e. The predicted octanol–water partition coefficient (Wildman–Crippen LogP) is 0.597. The highest BCUT2D eigenvalue weighted by molar-refractivity contribution is 5.68. The summed E-state index contributed by atoms with van der Waals surface area (Å²) in [6.07, 6.45) is -0.411. The van der Waals surface area contributed by atoms with Crippen molar-refractivity contribution < 1.29 is 19.7 Å². The molecule has 1 fully saturated rings. The van der Waals surface area contributed by atoms with Crippen molar-refractivity contribution in [1.82, 2.24) is 4.90 Å². The van der Waals surface area contributed by atoms with Crippen molar-refractivity contribution in [3.63, 3.8) is 0 Å². The summed E-state index contributed by atoms with van der Waals surface area (Å²) in [5.74, 6) is -0.263. The lowest BCUT2D eigenvalue weighted by atomic mass is 9.96. The number of hydrogen-bond donors (Lipinski definition) is 2. The topological polar surface area (TPSA) is 70.0 Å². The van der Waals surface area contributed by atoms with Crippen LogP contribution in [0.4, 0.5) is 4.79 Å². The summed E-state index contributed by atoms with van der Waals surface area (Å²) in [4.78, 5) is 13.3. The van der Waals surface area contributed by atoms with Gasteiger partial charge in [-0.25, -0.2) is 4.79 Å². The van der Waals surface area contributed by atoms with Crippen molar-refractivity contribution >= 4 is 6.09 Å². The number of ether oxygens (including phenoxy) is 1. The molecule has 16 heavy (non-hydrogen) atoms. The lowest BCUT2D eigenvalue weighted by molar-refractivity contribution is -0.0203. The zero-order valence-electron chi connectivity index (χ0n) is 10.1. The Morgan fingerprint density at radius 2 is 2.12 bits per heavy atom. The maximum Gasteiger partial charge on any atom is 0.410 e. The molecule has 94 valence electrons. The highest BCUT2D eigenvalue weighted by atomic mass is 16.6. The molecule has 1 heterocycles. The molecule has 1 aliphatic heterocycles. The lowest BCUT2D eigenvalue weighted by Gasteiger charge is -2.36. The first-order valence-corrected chi connectivity index (χ1v) is 5.60. The number of hydrogen-bond acceptors (Lipinski definition) is 4. The van der Waals surface area contributed by atoms with E-state index >= 15 is 0 Å². The molecule has 1 rings (SSSR count). The van der Waals surface area contributed by atoms with Gasteiger partial charge in [-0.05, 0) is 27.2 Å². The van der Waals surface area contributed by atoms with E-state index in [2.05, 4.69) is 0 Å². The molecule has 0 aromatic carbocycles. The molecule has 1 saturated heterocycles. The number of nitrogens with zero attached hydrogens (tertiary/aromatic N) is 1. The second-order valence-corrected chi connectivity index (χ2v) is 5.23. The highest BCUT2D eigenvalue weighted by Gasteiger charge is 2.31. The molecular formula is C11H21NO4. The summed E-state index contributed by atoms with van der Waals surface area (Å²) in [5.41, 5.74) is -0.512. The van der Waals surface area contributed by atoms with Crippen LogP contribution in [0.2, 0.25) is 0 Å². The number of piperidine rings is 1. The average molecular weight is 231 g/mol. The van der Waals surface area contributed by atoms with Gasteiger partial charge in [0.05, 0.1) is 12.7 Å². The predicted molar refractivity (Wildman–Crippen MR) is 59.0 cm³/mol. The summed E-state index contributed by atoms with van der Waals surface area (Å²) in [5, 5.41) is 18.6. The monoisotopic (exact) mass is 231 g/mol. The molecule has 5 heteroatoms. The Morgan fingerprint density at radius 3 is 2.62 bits per heavy atom. The number of carbonyl (C=O) groups excluding carboxylic acids is 1. The first-order chi connectivity index (χ1) is 7.33. The molecule has 0 aromatic heterocycles. The molecule has 1 amide bonds. The van der Waals surface area contributed by atoms with Crippen molar-refractivity contribution in [3.05, 3.63) is 0 Å². The molecule has 0 radical (unpaired) electrons. The summed E-state index contributed by atoms with van der Waals surface area (Å²) in [6, 6.07) is 0. The maximum absolute atomic E-state index is 11.7. The molecule has 5 nitrogen and oxygen atoms in total. The fraction of sp³-hybridized carbons (Fsp3) is 0.909. The fourth-order valence-corrected chi connectivity index (χ4v) is 1.69. The van der Waals surface area contributed by atoms with Crippen LogP contribution in [0.15, 0.2) is 0 Å². The van der Waals surface area contributed by atoms with Gasteiger partial charge in [-0.15, -0.1) is 0 Å². The second-order valence-electron chi connectivity index (χ2n) is 5.23. The van der Waals surface area contributed by atoms with E-state index in [-0.39, 0.29) is 18.6 Å². The number of likely N-dealkylation sites (tertiary alicyclic amines) is 1. The standard InChI is InChI=1S/C11H21NO4/c1-11(2,3)16-10(15)12-5-4-9(14)8(6-12)7-13/h8-9,13-14H,4-7H2,1-3H3/t8-,9?/m0/s1. The van der Waals surface area contributed by atoms with Crippen LogP contribution in [-0.4, -0.2) is 52.6 Å². The summed E-state index contributed by atoms with van der Waals surface area (Å²) in [7, 11) is 0. The number of rotatable bonds is 1. The van der Waals surface area contributed by atoms with Crippen LogP contribution in [0.25, 0.3) is 0 Å². The van der Waals surface area contributed by atoms with Gasteiger partial charge in [0.15, 0.2) is 0 Å². The van der Waals surface area contributed by atoms with Gasteiger partial charge >= 0.3 is 6.09 Å². The third-order valence-electron chi connectivity index (χ3n) is 2.58. The SMILES string of the molecule is CC(C)(C)OC(=O)N1CCC(O)[C@H](CO)C1. The molecule has 1 unspecified atom stereocenters. The van der Waals surface area contributed by atoms with Crippen molar-refractivity contribution in [3.8, 4) is 0 Å². The van der Waals surface area contributed by atoms with Crippen molar-refractivity contribution in [2.24, 2.45) is 5.92 Å². The Balaban J connectivity index is 2.52. The maximum atomic E-state index is 11.7. The van der Waals surface area contributed by atoms with E-state index in [1.54, 1.807) is 4.90 Å². The average Bonchev–Trinajstić information content (AvgIpc) is 2.15. The normalized spacial score (nSPS) is 26.7. The Morgan fingerprint density at radius 1 is 1.50 bits per heavy atom. The van der Waals surface area contributed by atoms with Gasteiger partial charge in [0, 0.05) is 19.0 Å². The van der Waals surface area contributed by atoms with Crippen LogP contribution in [0.1, 0.15) is 27.2 Å². The van der Waals surface area contributed by atoms with Crippen LogP contribution in [0, 0.1) is 5.92 Å². The summed E-state index contributed by atoms with van der Waals surface area (Å²) in [6.45, 7) is 6.16. The van der Waals surface area contributed by atoms with E-state index in [4.69, 9.17) is 9.84 Å². The molecule has 0 saturated carbocycles. The van der Waals surface area contributed by atoms with Gasteiger partial charge in [-0.1, -0.05) is 0 Å². The molecule has 2 N–H and O–H groups in total. The van der Waals surface area contributed by atoms with E-state index in [0.29, 0.717) is 19.5 Å². The Kier molecular flexibility index (Phi) is 4.15. The third kappa shape index (κ3) is 3.64. The van der Waals surface area contributed by atoms with Crippen LogP contribution >= 0.6 is 0 Å². The molecule has 0 aliphatic carbocycles. The molecule has 2 atom stereocenters. The van der Waals surface area contributed by atoms with E-state index < -0.39 is 11.7 Å². The van der Waals surface area contributed by atoms with Crippen LogP contribution in [-0.2, 0) is 4.74 Å². The zero-order chi connectivity index (χ0) is 12.3. The zero-order valence-corrected chi connectivity index (χ0v) is 10.1. The minimum absolute atomic E-state index is 0.111. The van der Waals surface area contributed by atoms with E-state index in [1.165, 1.54) is 0 Å². The van der Waals surface area contributed by atoms with Crippen molar-refractivity contribution in [2.75, 3.05) is 19.7 Å². The molecule has 0 spiro atoms. The van der Waals surface area contributed by atoms with Gasteiger partial charge in [0.25, 0.3) is 0 Å². The lowest BCUT2D eigenvalue weighted by Crippen LogP contribution is -2.48. The first kappa shape index (κ1) is 13.3. The molecule has 0 bridgehead atoms. The summed E-state index contributed by atoms with van der Waals surface area (Å²) < 4.78 is 5.23. The Bertz CT molecular complexity index is 249. The van der Waals surface area contributed by atoms with E-state index in [1.807, 2.05) is 20.8 Å². The number of aliphatic hydroxyl groups excluding tert-OH is 2. The third-order valence-corrected chi connectivity index (χ3v) is 2.58. The Labute approximate surface area is 96.0 Å². The van der Waals surface area contributed by atoms with Gasteiger partial charge in [0.2, 0.25) is 0 Å². The highest BCUT2D eigenvalue weighted by Crippen LogP contribution is 2.19.